The van der Waals surface area contributed by atoms with Crippen LogP contribution in [0.1, 0.15) is 11.1 Å². The lowest BCUT2D eigenvalue weighted by molar-refractivity contribution is -0.782. The molecular weight excluding hydrogens is 416 g/mol. The lowest BCUT2D eigenvalue weighted by Gasteiger charge is -1.91. The second-order valence-corrected chi connectivity index (χ2v) is 5.92. The molecule has 2 heterocycles. The van der Waals surface area contributed by atoms with Crippen molar-refractivity contribution in [2.24, 2.45) is 0 Å². The van der Waals surface area contributed by atoms with Crippen molar-refractivity contribution in [2.45, 2.75) is 0 Å². The van der Waals surface area contributed by atoms with Crippen molar-refractivity contribution in [3.05, 3.63) is 69.1 Å². The molecule has 0 aliphatic carbocycles. The molecule has 0 atom stereocenters. The standard InChI is InChI=1S/2C10H4N4O2/c11-5-8(6-12)3-7-1-2-10-9(4-7)13-16-14(10)15;11-5-8(6-12)3-7-1-2-9-10(4-7)14(15)16-13-9/h2*1-4H. The minimum absolute atomic E-state index is 0.0159. The van der Waals surface area contributed by atoms with Gasteiger partial charge in [0.15, 0.2) is 0 Å². The van der Waals surface area contributed by atoms with Crippen molar-refractivity contribution in [1.29, 1.82) is 21.0 Å². The van der Waals surface area contributed by atoms with Gasteiger partial charge in [-0.1, -0.05) is 12.1 Å². The molecule has 4 aromatic rings. The summed E-state index contributed by atoms with van der Waals surface area (Å²) < 4.78 is 8.78. The van der Waals surface area contributed by atoms with Gasteiger partial charge in [0.1, 0.15) is 35.4 Å². The van der Waals surface area contributed by atoms with E-state index in [1.807, 2.05) is 0 Å². The van der Waals surface area contributed by atoms with Crippen LogP contribution < -0.4 is 9.81 Å². The van der Waals surface area contributed by atoms with Gasteiger partial charge in [0.2, 0.25) is 22.1 Å². The number of nitrogens with zero attached hydrogens (tertiary/aromatic N) is 8. The third-order valence-corrected chi connectivity index (χ3v) is 3.92. The first kappa shape index (κ1) is 21.0. The maximum atomic E-state index is 11.1. The van der Waals surface area contributed by atoms with Crippen molar-refractivity contribution in [3.63, 3.8) is 0 Å². The second kappa shape index (κ2) is 9.19. The Labute approximate surface area is 178 Å². The van der Waals surface area contributed by atoms with E-state index < -0.39 is 0 Å². The Kier molecular flexibility index (Phi) is 6.03. The first-order chi connectivity index (χ1) is 15.5. The summed E-state index contributed by atoms with van der Waals surface area (Å²) in [6.45, 7) is 0. The maximum Gasteiger partial charge on any atom is 0.249 e. The van der Waals surface area contributed by atoms with E-state index in [1.54, 1.807) is 48.5 Å². The molecule has 0 amide bonds. The minimum Gasteiger partial charge on any atom is -0.359 e. The zero-order valence-electron chi connectivity index (χ0n) is 15.8. The van der Waals surface area contributed by atoms with Crippen LogP contribution in [-0.4, -0.2) is 10.3 Å². The SMILES string of the molecule is N#CC(C#N)=Cc1ccc2c(c1)no[n+]2[O-].N#CC(C#N)=Cc1ccc2no[n+]([O-])c2c1. The largest absolute Gasteiger partial charge is 0.359 e. The normalized spacial score (nSPS) is 9.38. The zero-order valence-corrected chi connectivity index (χ0v) is 15.8. The Bertz CT molecular complexity index is 1520. The van der Waals surface area contributed by atoms with Gasteiger partial charge in [-0.3, -0.25) is 9.26 Å². The number of rotatable bonds is 2. The fourth-order valence-corrected chi connectivity index (χ4v) is 2.47. The van der Waals surface area contributed by atoms with Gasteiger partial charge in [-0.15, -0.1) is 0 Å². The van der Waals surface area contributed by atoms with Crippen LogP contribution in [0.15, 0.2) is 56.8 Å². The lowest BCUT2D eigenvalue weighted by Crippen LogP contribution is -2.22. The summed E-state index contributed by atoms with van der Waals surface area (Å²) in [4.78, 5) is 0.559. The molecule has 0 N–H and O–H groups in total. The number of allylic oxidation sites excluding steroid dienone is 2. The van der Waals surface area contributed by atoms with Crippen LogP contribution in [0.25, 0.3) is 34.2 Å². The highest BCUT2D eigenvalue weighted by Crippen LogP contribution is 2.14. The fraction of sp³-hybridized carbons (Fsp3) is 0. The molecule has 4 rings (SSSR count). The average molecular weight is 424 g/mol. The molecule has 12 heteroatoms. The van der Waals surface area contributed by atoms with Gasteiger partial charge in [-0.05, 0) is 45.2 Å². The molecule has 0 saturated heterocycles. The third-order valence-electron chi connectivity index (χ3n) is 3.92. The molecule has 0 spiro atoms. The van der Waals surface area contributed by atoms with Crippen LogP contribution >= 0.6 is 0 Å². The van der Waals surface area contributed by atoms with Crippen LogP contribution in [-0.2, 0) is 0 Å². The topological polar surface area (TPSA) is 201 Å². The van der Waals surface area contributed by atoms with Crippen molar-refractivity contribution in [2.75, 3.05) is 0 Å². The van der Waals surface area contributed by atoms with Gasteiger partial charge < -0.3 is 10.4 Å². The highest BCUT2D eigenvalue weighted by atomic mass is 16.8. The van der Waals surface area contributed by atoms with Gasteiger partial charge in [-0.2, -0.15) is 21.0 Å². The van der Waals surface area contributed by atoms with Gasteiger partial charge in [0, 0.05) is 22.4 Å². The monoisotopic (exact) mass is 424 g/mol. The predicted octanol–water partition coefficient (Wildman–Crippen LogP) is 1.78. The van der Waals surface area contributed by atoms with Gasteiger partial charge in [0.25, 0.3) is 0 Å². The van der Waals surface area contributed by atoms with E-state index in [9.17, 15) is 10.4 Å². The summed E-state index contributed by atoms with van der Waals surface area (Å²) in [6, 6.07) is 16.3. The van der Waals surface area contributed by atoms with E-state index >= 15 is 0 Å². The van der Waals surface area contributed by atoms with E-state index in [4.69, 9.17) is 21.0 Å². The van der Waals surface area contributed by atoms with E-state index in [2.05, 4.69) is 19.6 Å². The summed E-state index contributed by atoms with van der Waals surface area (Å²) >= 11 is 0. The van der Waals surface area contributed by atoms with Gasteiger partial charge in [-0.25, -0.2) is 0 Å². The Balaban J connectivity index is 0.000000181. The summed E-state index contributed by atoms with van der Waals surface area (Å²) in [5.74, 6) is 0. The molecule has 2 aromatic heterocycles. The molecular formula is C20H8N8O4. The highest BCUT2D eigenvalue weighted by molar-refractivity contribution is 5.76. The molecule has 0 aliphatic rings. The van der Waals surface area contributed by atoms with Crippen molar-refractivity contribution < 1.29 is 19.1 Å². The smallest absolute Gasteiger partial charge is 0.249 e. The minimum atomic E-state index is -0.0340. The molecule has 0 radical (unpaired) electrons. The van der Waals surface area contributed by atoms with Crippen LogP contribution in [0.4, 0.5) is 0 Å². The molecule has 32 heavy (non-hydrogen) atoms. The van der Waals surface area contributed by atoms with Gasteiger partial charge >= 0.3 is 0 Å². The van der Waals surface area contributed by atoms with Crippen LogP contribution in [0, 0.1) is 55.7 Å². The number of hydrogen-bond acceptors (Lipinski definition) is 10. The second-order valence-electron chi connectivity index (χ2n) is 5.92. The van der Waals surface area contributed by atoms with E-state index in [0.29, 0.717) is 32.6 Å². The van der Waals surface area contributed by atoms with Crippen molar-refractivity contribution >= 4 is 34.2 Å². The van der Waals surface area contributed by atoms with Crippen molar-refractivity contribution in [1.82, 2.24) is 10.3 Å². The lowest BCUT2D eigenvalue weighted by atomic mass is 10.1. The Hall–Kier alpha value is -5.72. The fourth-order valence-electron chi connectivity index (χ4n) is 2.47. The third kappa shape index (κ3) is 4.47. The van der Waals surface area contributed by atoms with Crippen molar-refractivity contribution in [3.8, 4) is 24.3 Å². The molecule has 152 valence electrons. The Morgan fingerprint density at radius 1 is 0.719 bits per heavy atom. The van der Waals surface area contributed by atoms with Crippen LogP contribution in [0.3, 0.4) is 0 Å². The molecule has 0 unspecified atom stereocenters. The first-order valence-electron chi connectivity index (χ1n) is 8.52. The number of nitriles is 4. The zero-order chi connectivity index (χ0) is 23.1. The summed E-state index contributed by atoms with van der Waals surface area (Å²) in [5.41, 5.74) is 2.47. The van der Waals surface area contributed by atoms with E-state index in [-0.39, 0.29) is 21.6 Å². The Morgan fingerprint density at radius 3 is 1.81 bits per heavy atom. The molecule has 0 aliphatic heterocycles. The number of benzene rings is 2. The summed E-state index contributed by atoms with van der Waals surface area (Å²) in [7, 11) is 0. The number of hydrogen-bond donors (Lipinski definition) is 0. The highest BCUT2D eigenvalue weighted by Gasteiger charge is 2.09. The van der Waals surface area contributed by atoms with Crippen LogP contribution in [0.2, 0.25) is 0 Å². The average Bonchev–Trinajstić information content (AvgIpc) is 3.38. The maximum absolute atomic E-state index is 11.1. The van der Waals surface area contributed by atoms with Gasteiger partial charge in [0.05, 0.1) is 0 Å². The first-order valence-corrected chi connectivity index (χ1v) is 8.52. The van der Waals surface area contributed by atoms with E-state index in [0.717, 1.165) is 0 Å². The summed E-state index contributed by atoms with van der Waals surface area (Å²) in [6.07, 6.45) is 2.79. The molecule has 2 aromatic carbocycles. The molecule has 0 bridgehead atoms. The quantitative estimate of drug-likeness (QED) is 0.337. The Morgan fingerprint density at radius 2 is 1.22 bits per heavy atom. The predicted molar refractivity (Wildman–Crippen MR) is 104 cm³/mol. The van der Waals surface area contributed by atoms with Crippen LogP contribution in [0.5, 0.6) is 0 Å². The molecule has 0 fully saturated rings. The van der Waals surface area contributed by atoms with E-state index in [1.165, 1.54) is 24.3 Å². The molecule has 12 nitrogen and oxygen atoms in total. The summed E-state index contributed by atoms with van der Waals surface area (Å²) in [5, 5.41) is 63.4. The number of aromatic nitrogens is 4. The number of fused-ring (bicyclic) bond motifs is 2. The molecule has 0 saturated carbocycles.